The molecule has 0 N–H and O–H groups in total. The Morgan fingerprint density at radius 1 is 1.13 bits per heavy atom. The van der Waals surface area contributed by atoms with Crippen LogP contribution in [0.2, 0.25) is 0 Å². The fourth-order valence-corrected chi connectivity index (χ4v) is 1.49. The number of nitrogens with zero attached hydrogens (tertiary/aromatic N) is 4. The summed E-state index contributed by atoms with van der Waals surface area (Å²) < 4.78 is 1.67. The number of benzene rings is 1. The molecule has 0 aliphatic heterocycles. The molecular formula is C11H14N4. The molecule has 1 heterocycles. The molecule has 4 nitrogen and oxygen atoms in total. The maximum Gasteiger partial charge on any atom is 0.181 e. The molecule has 78 valence electrons. The lowest BCUT2D eigenvalue weighted by atomic mass is 10.0. The van der Waals surface area contributed by atoms with Crippen LogP contribution in [0.15, 0.2) is 24.3 Å². The second-order valence-corrected chi connectivity index (χ2v) is 3.90. The zero-order valence-corrected chi connectivity index (χ0v) is 9.18. The van der Waals surface area contributed by atoms with E-state index in [4.69, 9.17) is 0 Å². The zero-order chi connectivity index (χ0) is 10.8. The highest BCUT2D eigenvalue weighted by molar-refractivity contribution is 5.54. The van der Waals surface area contributed by atoms with Crippen molar-refractivity contribution in [2.24, 2.45) is 7.05 Å². The summed E-state index contributed by atoms with van der Waals surface area (Å²) in [5, 5.41) is 11.4. The van der Waals surface area contributed by atoms with Crippen LogP contribution < -0.4 is 0 Å². The largest absolute Gasteiger partial charge is 0.229 e. The van der Waals surface area contributed by atoms with E-state index >= 15 is 0 Å². The quantitative estimate of drug-likeness (QED) is 0.748. The van der Waals surface area contributed by atoms with Crippen molar-refractivity contribution in [2.75, 3.05) is 0 Å². The molecule has 0 radical (unpaired) electrons. The molecule has 0 aliphatic carbocycles. The Morgan fingerprint density at radius 3 is 2.27 bits per heavy atom. The summed E-state index contributed by atoms with van der Waals surface area (Å²) in [5.41, 5.74) is 2.38. The molecule has 4 heteroatoms. The minimum absolute atomic E-state index is 0.552. The van der Waals surface area contributed by atoms with Gasteiger partial charge in [0, 0.05) is 12.6 Å². The molecule has 0 bridgehead atoms. The van der Waals surface area contributed by atoms with Crippen LogP contribution in [0, 0.1) is 0 Å². The number of aromatic nitrogens is 4. The highest BCUT2D eigenvalue weighted by Crippen LogP contribution is 2.19. The molecule has 15 heavy (non-hydrogen) atoms. The Hall–Kier alpha value is -1.71. The Kier molecular flexibility index (Phi) is 2.49. The third-order valence-electron chi connectivity index (χ3n) is 2.46. The fraction of sp³-hybridized carbons (Fsp3) is 0.364. The monoisotopic (exact) mass is 202 g/mol. The van der Waals surface area contributed by atoms with Crippen LogP contribution in [0.5, 0.6) is 0 Å². The normalized spacial score (nSPS) is 10.9. The minimum atomic E-state index is 0.552. The van der Waals surface area contributed by atoms with Crippen molar-refractivity contribution >= 4 is 0 Å². The van der Waals surface area contributed by atoms with Crippen LogP contribution in [0.25, 0.3) is 11.4 Å². The highest BCUT2D eigenvalue weighted by atomic mass is 15.5. The van der Waals surface area contributed by atoms with Crippen molar-refractivity contribution in [3.8, 4) is 11.4 Å². The van der Waals surface area contributed by atoms with Crippen molar-refractivity contribution in [2.45, 2.75) is 19.8 Å². The van der Waals surface area contributed by atoms with Crippen molar-refractivity contribution in [1.29, 1.82) is 0 Å². The van der Waals surface area contributed by atoms with Gasteiger partial charge in [-0.2, -0.15) is 0 Å². The Balaban J connectivity index is 2.36. The summed E-state index contributed by atoms with van der Waals surface area (Å²) in [6.07, 6.45) is 0. The number of rotatable bonds is 2. The molecule has 2 aromatic rings. The lowest BCUT2D eigenvalue weighted by Gasteiger charge is -2.05. The molecule has 0 atom stereocenters. The average Bonchev–Trinajstić information content (AvgIpc) is 2.65. The lowest BCUT2D eigenvalue weighted by molar-refractivity contribution is 0.714. The first kappa shape index (κ1) is 9.83. The first-order valence-electron chi connectivity index (χ1n) is 5.01. The summed E-state index contributed by atoms with van der Waals surface area (Å²) in [6, 6.07) is 8.35. The van der Waals surface area contributed by atoms with Gasteiger partial charge in [0.1, 0.15) is 0 Å². The maximum absolute atomic E-state index is 3.96. The smallest absolute Gasteiger partial charge is 0.181 e. The van der Waals surface area contributed by atoms with Gasteiger partial charge in [-0.25, -0.2) is 4.68 Å². The third-order valence-corrected chi connectivity index (χ3v) is 2.46. The lowest BCUT2D eigenvalue weighted by Crippen LogP contribution is -1.95. The van der Waals surface area contributed by atoms with E-state index in [2.05, 4.69) is 53.6 Å². The van der Waals surface area contributed by atoms with E-state index in [1.165, 1.54) is 5.56 Å². The molecule has 0 fully saturated rings. The van der Waals surface area contributed by atoms with Gasteiger partial charge in [-0.1, -0.05) is 38.1 Å². The molecule has 2 rings (SSSR count). The topological polar surface area (TPSA) is 43.6 Å². The summed E-state index contributed by atoms with van der Waals surface area (Å²) >= 11 is 0. The molecule has 0 unspecified atom stereocenters. The molecule has 1 aromatic heterocycles. The van der Waals surface area contributed by atoms with Gasteiger partial charge in [0.2, 0.25) is 0 Å². The summed E-state index contributed by atoms with van der Waals surface area (Å²) in [6.45, 7) is 4.36. The van der Waals surface area contributed by atoms with Gasteiger partial charge in [-0.15, -0.1) is 5.10 Å². The molecule has 0 aliphatic rings. The van der Waals surface area contributed by atoms with Crippen LogP contribution in [0.3, 0.4) is 0 Å². The van der Waals surface area contributed by atoms with Gasteiger partial charge in [-0.3, -0.25) is 0 Å². The van der Waals surface area contributed by atoms with E-state index in [9.17, 15) is 0 Å². The number of hydrogen-bond acceptors (Lipinski definition) is 3. The fourth-order valence-electron chi connectivity index (χ4n) is 1.49. The highest BCUT2D eigenvalue weighted by Gasteiger charge is 2.05. The van der Waals surface area contributed by atoms with Gasteiger partial charge in [0.25, 0.3) is 0 Å². The summed E-state index contributed by atoms with van der Waals surface area (Å²) in [5.74, 6) is 1.35. The van der Waals surface area contributed by atoms with Crippen molar-refractivity contribution in [3.05, 3.63) is 29.8 Å². The summed E-state index contributed by atoms with van der Waals surface area (Å²) in [7, 11) is 1.84. The second-order valence-electron chi connectivity index (χ2n) is 3.90. The standard InChI is InChI=1S/C11H14N4/c1-8(2)9-4-6-10(7-5-9)11-12-13-14-15(11)3/h4-8H,1-3H3. The molecule has 0 amide bonds. The minimum Gasteiger partial charge on any atom is -0.229 e. The second kappa shape index (κ2) is 3.81. The van der Waals surface area contributed by atoms with E-state index in [0.29, 0.717) is 5.92 Å². The zero-order valence-electron chi connectivity index (χ0n) is 9.18. The van der Waals surface area contributed by atoms with Gasteiger partial charge in [0.15, 0.2) is 5.82 Å². The first-order valence-corrected chi connectivity index (χ1v) is 5.01. The van der Waals surface area contributed by atoms with Gasteiger partial charge < -0.3 is 0 Å². The van der Waals surface area contributed by atoms with Crippen LogP contribution in [0.1, 0.15) is 25.3 Å². The van der Waals surface area contributed by atoms with E-state index in [1.54, 1.807) is 4.68 Å². The van der Waals surface area contributed by atoms with Crippen LogP contribution in [-0.4, -0.2) is 20.2 Å². The van der Waals surface area contributed by atoms with Crippen LogP contribution in [0.4, 0.5) is 0 Å². The first-order chi connectivity index (χ1) is 7.18. The predicted molar refractivity (Wildman–Crippen MR) is 58.3 cm³/mol. The van der Waals surface area contributed by atoms with E-state index in [-0.39, 0.29) is 0 Å². The number of tetrazole rings is 1. The van der Waals surface area contributed by atoms with Crippen molar-refractivity contribution in [3.63, 3.8) is 0 Å². The number of aryl methyl sites for hydroxylation is 1. The van der Waals surface area contributed by atoms with E-state index < -0.39 is 0 Å². The molecule has 0 saturated carbocycles. The van der Waals surface area contributed by atoms with Crippen LogP contribution >= 0.6 is 0 Å². The van der Waals surface area contributed by atoms with E-state index in [0.717, 1.165) is 11.4 Å². The van der Waals surface area contributed by atoms with Crippen LogP contribution in [-0.2, 0) is 7.05 Å². The van der Waals surface area contributed by atoms with Gasteiger partial charge in [0.05, 0.1) is 0 Å². The predicted octanol–water partition coefficient (Wildman–Crippen LogP) is 2.00. The Labute approximate surface area is 88.9 Å². The average molecular weight is 202 g/mol. The number of hydrogen-bond donors (Lipinski definition) is 0. The van der Waals surface area contributed by atoms with Crippen molar-refractivity contribution in [1.82, 2.24) is 20.2 Å². The maximum atomic E-state index is 3.96. The molecule has 1 aromatic carbocycles. The Bertz CT molecular complexity index is 442. The van der Waals surface area contributed by atoms with Gasteiger partial charge in [-0.05, 0) is 21.9 Å². The molecule has 0 saturated heterocycles. The van der Waals surface area contributed by atoms with Gasteiger partial charge >= 0.3 is 0 Å². The Morgan fingerprint density at radius 2 is 1.80 bits per heavy atom. The third kappa shape index (κ3) is 1.88. The SMILES string of the molecule is CC(C)c1ccc(-c2nnnn2C)cc1. The molecule has 0 spiro atoms. The summed E-state index contributed by atoms with van der Waals surface area (Å²) in [4.78, 5) is 0. The van der Waals surface area contributed by atoms with E-state index in [1.807, 2.05) is 7.05 Å². The van der Waals surface area contributed by atoms with Crippen molar-refractivity contribution < 1.29 is 0 Å². The molecular weight excluding hydrogens is 188 g/mol.